The Bertz CT molecular complexity index is 825. The highest BCUT2D eigenvalue weighted by Gasteiger charge is 2.18. The van der Waals surface area contributed by atoms with Crippen LogP contribution in [0.15, 0.2) is 42.5 Å². The molecule has 5 heteroatoms. The fraction of sp³-hybridized carbons (Fsp3) is 0.125. The van der Waals surface area contributed by atoms with Gasteiger partial charge in [-0.1, -0.05) is 41.9 Å². The van der Waals surface area contributed by atoms with Gasteiger partial charge in [-0.15, -0.1) is 0 Å². The van der Waals surface area contributed by atoms with Gasteiger partial charge in [0.2, 0.25) is 5.91 Å². The van der Waals surface area contributed by atoms with Crippen LogP contribution in [0.4, 0.5) is 0 Å². The maximum absolute atomic E-state index is 12.0. The number of halogens is 1. The van der Waals surface area contributed by atoms with Gasteiger partial charge in [0, 0.05) is 13.3 Å². The topological polar surface area (TPSA) is 55.1 Å². The third kappa shape index (κ3) is 2.38. The number of carbonyl (C=O) groups is 1. The van der Waals surface area contributed by atoms with Gasteiger partial charge in [-0.3, -0.25) is 9.36 Å². The van der Waals surface area contributed by atoms with Crippen LogP contribution in [-0.4, -0.2) is 20.6 Å². The van der Waals surface area contributed by atoms with Crippen molar-refractivity contribution in [1.82, 2.24) is 9.55 Å². The fourth-order valence-corrected chi connectivity index (χ4v) is 2.56. The van der Waals surface area contributed by atoms with Crippen LogP contribution in [0.2, 0.25) is 5.02 Å². The van der Waals surface area contributed by atoms with Crippen molar-refractivity contribution in [1.29, 1.82) is 0 Å². The summed E-state index contributed by atoms with van der Waals surface area (Å²) < 4.78 is 1.42. The molecule has 1 aromatic heterocycles. The van der Waals surface area contributed by atoms with E-state index in [4.69, 9.17) is 11.6 Å². The molecule has 0 atom stereocenters. The Labute approximate surface area is 126 Å². The van der Waals surface area contributed by atoms with Gasteiger partial charge in [0.15, 0.2) is 5.75 Å². The molecular weight excluding hydrogens is 288 g/mol. The van der Waals surface area contributed by atoms with Crippen LogP contribution in [0, 0.1) is 0 Å². The van der Waals surface area contributed by atoms with E-state index < -0.39 is 0 Å². The van der Waals surface area contributed by atoms with Crippen LogP contribution < -0.4 is 0 Å². The molecule has 1 N–H and O–H groups in total. The number of hydrogen-bond donors (Lipinski definition) is 1. The molecule has 0 aliphatic carbocycles. The number of phenols is 1. The lowest BCUT2D eigenvalue weighted by Gasteiger charge is -2.06. The van der Waals surface area contributed by atoms with Crippen molar-refractivity contribution in [2.75, 3.05) is 0 Å². The molecule has 0 radical (unpaired) electrons. The molecule has 0 saturated heterocycles. The van der Waals surface area contributed by atoms with Crippen LogP contribution in [0.25, 0.3) is 11.0 Å². The van der Waals surface area contributed by atoms with E-state index in [-0.39, 0.29) is 16.7 Å². The molecule has 0 aliphatic rings. The number of fused-ring (bicyclic) bond motifs is 1. The lowest BCUT2D eigenvalue weighted by Crippen LogP contribution is -2.10. The molecule has 0 spiro atoms. The third-order valence-corrected chi connectivity index (χ3v) is 3.64. The maximum atomic E-state index is 12.0. The Morgan fingerprint density at radius 3 is 2.62 bits per heavy atom. The average Bonchev–Trinajstić information content (AvgIpc) is 2.83. The molecule has 3 aromatic rings. The Morgan fingerprint density at radius 2 is 1.95 bits per heavy atom. The highest BCUT2D eigenvalue weighted by atomic mass is 35.5. The first-order valence-corrected chi connectivity index (χ1v) is 6.89. The zero-order valence-electron chi connectivity index (χ0n) is 11.4. The number of rotatable bonds is 2. The van der Waals surface area contributed by atoms with Crippen molar-refractivity contribution in [2.45, 2.75) is 13.3 Å². The predicted octanol–water partition coefficient (Wildman–Crippen LogP) is 3.65. The highest BCUT2D eigenvalue weighted by molar-refractivity contribution is 6.33. The monoisotopic (exact) mass is 300 g/mol. The van der Waals surface area contributed by atoms with Gasteiger partial charge in [-0.05, 0) is 17.7 Å². The summed E-state index contributed by atoms with van der Waals surface area (Å²) in [5.41, 5.74) is 1.96. The van der Waals surface area contributed by atoms with Crippen molar-refractivity contribution in [3.05, 3.63) is 58.9 Å². The number of hydrogen-bond acceptors (Lipinski definition) is 3. The van der Waals surface area contributed by atoms with Crippen LogP contribution >= 0.6 is 11.6 Å². The van der Waals surface area contributed by atoms with Crippen molar-refractivity contribution in [2.24, 2.45) is 0 Å². The Hall–Kier alpha value is -2.33. The molecule has 2 aromatic carbocycles. The van der Waals surface area contributed by atoms with E-state index >= 15 is 0 Å². The Morgan fingerprint density at radius 1 is 1.24 bits per heavy atom. The molecule has 4 nitrogen and oxygen atoms in total. The Balaban J connectivity index is 2.21. The molecule has 0 unspecified atom stereocenters. The predicted molar refractivity (Wildman–Crippen MR) is 82.0 cm³/mol. The summed E-state index contributed by atoms with van der Waals surface area (Å²) in [6, 6.07) is 13.0. The van der Waals surface area contributed by atoms with E-state index in [0.717, 1.165) is 5.56 Å². The number of aromatic hydroxyl groups is 1. The largest absolute Gasteiger partial charge is 0.504 e. The van der Waals surface area contributed by atoms with Crippen molar-refractivity contribution >= 4 is 28.5 Å². The zero-order chi connectivity index (χ0) is 15.0. The normalized spacial score (nSPS) is 11.0. The first kappa shape index (κ1) is 13.6. The van der Waals surface area contributed by atoms with Gasteiger partial charge < -0.3 is 5.11 Å². The van der Waals surface area contributed by atoms with Gasteiger partial charge in [0.1, 0.15) is 11.3 Å². The molecule has 3 rings (SSSR count). The van der Waals surface area contributed by atoms with Crippen LogP contribution in [0.1, 0.15) is 23.1 Å². The number of nitrogens with zero attached hydrogens (tertiary/aromatic N) is 2. The zero-order valence-corrected chi connectivity index (χ0v) is 12.1. The summed E-state index contributed by atoms with van der Waals surface area (Å²) in [5.74, 6) is 0.262. The third-order valence-electron chi connectivity index (χ3n) is 3.33. The Kier molecular flexibility index (Phi) is 3.39. The first-order valence-electron chi connectivity index (χ1n) is 6.51. The van der Waals surface area contributed by atoms with Crippen molar-refractivity contribution in [3.8, 4) is 5.75 Å². The van der Waals surface area contributed by atoms with Crippen LogP contribution in [0.3, 0.4) is 0 Å². The highest BCUT2D eigenvalue weighted by Crippen LogP contribution is 2.33. The minimum absolute atomic E-state index is 0.115. The summed E-state index contributed by atoms with van der Waals surface area (Å²) in [6.45, 7) is 1.44. The lowest BCUT2D eigenvalue weighted by atomic mass is 10.1. The van der Waals surface area contributed by atoms with E-state index in [0.29, 0.717) is 23.3 Å². The number of carbonyl (C=O) groups excluding carboxylic acids is 1. The fourth-order valence-electron chi connectivity index (χ4n) is 2.41. The van der Waals surface area contributed by atoms with Gasteiger partial charge in [0.05, 0.1) is 10.5 Å². The molecule has 0 bridgehead atoms. The van der Waals surface area contributed by atoms with E-state index in [9.17, 15) is 9.90 Å². The molecule has 0 amide bonds. The maximum Gasteiger partial charge on any atom is 0.229 e. The molecule has 106 valence electrons. The second kappa shape index (κ2) is 5.22. The SMILES string of the molecule is CC(=O)n1c(Cc2ccccc2)nc2ccc(Cl)c(O)c21. The molecule has 1 heterocycles. The molecule has 0 fully saturated rings. The summed E-state index contributed by atoms with van der Waals surface area (Å²) >= 11 is 5.93. The van der Waals surface area contributed by atoms with Crippen molar-refractivity contribution in [3.63, 3.8) is 0 Å². The van der Waals surface area contributed by atoms with Crippen LogP contribution in [-0.2, 0) is 6.42 Å². The summed E-state index contributed by atoms with van der Waals surface area (Å²) in [5, 5.41) is 10.3. The van der Waals surface area contributed by atoms with E-state index in [1.807, 2.05) is 30.3 Å². The number of imidazole rings is 1. The van der Waals surface area contributed by atoms with E-state index in [1.54, 1.807) is 12.1 Å². The smallest absolute Gasteiger partial charge is 0.229 e. The number of phenolic OH excluding ortho intramolecular Hbond substituents is 1. The molecular formula is C16H13ClN2O2. The van der Waals surface area contributed by atoms with E-state index in [1.165, 1.54) is 11.5 Å². The van der Waals surface area contributed by atoms with Gasteiger partial charge in [0.25, 0.3) is 0 Å². The van der Waals surface area contributed by atoms with Gasteiger partial charge >= 0.3 is 0 Å². The molecule has 0 saturated carbocycles. The number of benzene rings is 2. The lowest BCUT2D eigenvalue weighted by molar-refractivity contribution is 0.0937. The second-order valence-corrected chi connectivity index (χ2v) is 5.22. The average molecular weight is 301 g/mol. The minimum Gasteiger partial charge on any atom is -0.504 e. The molecule has 0 aliphatic heterocycles. The standard InChI is InChI=1S/C16H13ClN2O2/c1-10(20)19-14(9-11-5-3-2-4-6-11)18-13-8-7-12(17)16(21)15(13)19/h2-8,21H,9H2,1H3. The van der Waals surface area contributed by atoms with Gasteiger partial charge in [-0.25, -0.2) is 4.98 Å². The minimum atomic E-state index is -0.207. The quantitative estimate of drug-likeness (QED) is 0.786. The number of aromatic nitrogens is 2. The van der Waals surface area contributed by atoms with Crippen LogP contribution in [0.5, 0.6) is 5.75 Å². The summed E-state index contributed by atoms with van der Waals surface area (Å²) in [4.78, 5) is 16.4. The molecule has 21 heavy (non-hydrogen) atoms. The van der Waals surface area contributed by atoms with Crippen molar-refractivity contribution < 1.29 is 9.90 Å². The summed E-state index contributed by atoms with van der Waals surface area (Å²) in [6.07, 6.45) is 0.506. The summed E-state index contributed by atoms with van der Waals surface area (Å²) in [7, 11) is 0. The van der Waals surface area contributed by atoms with Gasteiger partial charge in [-0.2, -0.15) is 0 Å². The second-order valence-electron chi connectivity index (χ2n) is 4.81. The first-order chi connectivity index (χ1) is 10.1. The van der Waals surface area contributed by atoms with E-state index in [2.05, 4.69) is 4.98 Å².